The molecule has 5 N–H and O–H groups in total. The minimum absolute atomic E-state index is 0.0190. The van der Waals surface area contributed by atoms with Gasteiger partial charge in [0.15, 0.2) is 11.0 Å². The van der Waals surface area contributed by atoms with Crippen molar-refractivity contribution < 1.29 is 13.2 Å². The van der Waals surface area contributed by atoms with Crippen molar-refractivity contribution in [2.45, 2.75) is 10.1 Å². The van der Waals surface area contributed by atoms with Crippen LogP contribution in [-0.4, -0.2) is 37.6 Å². The predicted octanol–water partition coefficient (Wildman–Crippen LogP) is 0.242. The minimum Gasteiger partial charge on any atom is -0.365 e. The fourth-order valence-electron chi connectivity index (χ4n) is 1.86. The number of carbonyl (C=O) groups is 1. The third-order valence-electron chi connectivity index (χ3n) is 3.01. The van der Waals surface area contributed by atoms with E-state index in [1.807, 2.05) is 0 Å². The zero-order valence-electron chi connectivity index (χ0n) is 12.8. The van der Waals surface area contributed by atoms with Gasteiger partial charge in [0.2, 0.25) is 10.0 Å². The Labute approximate surface area is 142 Å². The maximum atomic E-state index is 12.0. The van der Waals surface area contributed by atoms with E-state index < -0.39 is 21.5 Å². The Morgan fingerprint density at radius 3 is 2.67 bits per heavy atom. The Morgan fingerprint density at radius 2 is 2.08 bits per heavy atom. The van der Waals surface area contributed by atoms with Gasteiger partial charge < -0.3 is 16.0 Å². The molecule has 24 heavy (non-hydrogen) atoms. The number of nitrogens with zero attached hydrogens (tertiary/aromatic N) is 1. The van der Waals surface area contributed by atoms with Crippen molar-refractivity contribution in [1.29, 1.82) is 0 Å². The first-order valence-electron chi connectivity index (χ1n) is 6.57. The second-order valence-corrected chi connectivity index (χ2v) is 7.20. The van der Waals surface area contributed by atoms with Crippen LogP contribution in [0.25, 0.3) is 0 Å². The minimum atomic E-state index is -3.63. The molecule has 0 saturated carbocycles. The van der Waals surface area contributed by atoms with Gasteiger partial charge in [0.05, 0.1) is 4.90 Å². The van der Waals surface area contributed by atoms with Crippen LogP contribution in [0.4, 0.5) is 11.5 Å². The summed E-state index contributed by atoms with van der Waals surface area (Å²) in [6.45, 7) is 0. The average Bonchev–Trinajstić information content (AvgIpc) is 2.54. The summed E-state index contributed by atoms with van der Waals surface area (Å²) in [6.07, 6.45) is 1.70. The van der Waals surface area contributed by atoms with Gasteiger partial charge in [0.25, 0.3) is 11.5 Å². The van der Waals surface area contributed by atoms with E-state index >= 15 is 0 Å². The Hall–Kier alpha value is -2.37. The molecule has 9 nitrogen and oxygen atoms in total. The first-order chi connectivity index (χ1) is 11.3. The van der Waals surface area contributed by atoms with Crippen LogP contribution in [0.3, 0.4) is 0 Å². The summed E-state index contributed by atoms with van der Waals surface area (Å²) in [6, 6.07) is 5.84. The normalized spacial score (nSPS) is 11.2. The lowest BCUT2D eigenvalue weighted by Crippen LogP contribution is -2.26. The van der Waals surface area contributed by atoms with Crippen LogP contribution in [0, 0.1) is 0 Å². The summed E-state index contributed by atoms with van der Waals surface area (Å²) in [7, 11) is -2.34. The lowest BCUT2D eigenvalue weighted by atomic mass is 10.2. The molecule has 1 heterocycles. The van der Waals surface area contributed by atoms with Crippen molar-refractivity contribution in [3.63, 3.8) is 0 Å². The number of anilines is 2. The summed E-state index contributed by atoms with van der Waals surface area (Å²) in [5, 5.41) is 3.05. The van der Waals surface area contributed by atoms with Gasteiger partial charge in [-0.25, -0.2) is 18.1 Å². The van der Waals surface area contributed by atoms with Gasteiger partial charge in [0, 0.05) is 5.69 Å². The second kappa shape index (κ2) is 7.03. The first kappa shape index (κ1) is 18.0. The molecule has 128 valence electrons. The summed E-state index contributed by atoms with van der Waals surface area (Å²) in [5.74, 6) is -0.993. The molecule has 0 radical (unpaired) electrons. The highest BCUT2D eigenvalue weighted by atomic mass is 32.2. The number of H-pyrrole nitrogens is 1. The highest BCUT2D eigenvalue weighted by Crippen LogP contribution is 2.21. The zero-order valence-corrected chi connectivity index (χ0v) is 14.4. The maximum absolute atomic E-state index is 12.0. The number of carbonyl (C=O) groups excluding carboxylic acids is 1. The number of nitrogens with one attached hydrogen (secondary N) is 3. The van der Waals surface area contributed by atoms with E-state index in [9.17, 15) is 18.0 Å². The Balaban J connectivity index is 2.52. The Morgan fingerprint density at radius 1 is 1.38 bits per heavy atom. The first-order valence-corrected chi connectivity index (χ1v) is 9.28. The van der Waals surface area contributed by atoms with E-state index in [1.165, 1.54) is 37.0 Å². The van der Waals surface area contributed by atoms with Crippen molar-refractivity contribution >= 4 is 39.2 Å². The molecule has 0 saturated heterocycles. The molecule has 2 rings (SSSR count). The van der Waals surface area contributed by atoms with Gasteiger partial charge in [-0.3, -0.25) is 9.59 Å². The van der Waals surface area contributed by atoms with Crippen LogP contribution in [0.1, 0.15) is 10.4 Å². The topological polar surface area (TPSA) is 147 Å². The smallest absolute Gasteiger partial charge is 0.266 e. The highest BCUT2D eigenvalue weighted by molar-refractivity contribution is 7.98. The lowest BCUT2D eigenvalue weighted by Gasteiger charge is -2.11. The molecule has 0 aliphatic rings. The van der Waals surface area contributed by atoms with Gasteiger partial charge in [-0.1, -0.05) is 17.8 Å². The standard InChI is InChI=1S/C13H15N5O4S2/c1-15-24(21,22)8-5-3-4-7(6-8)16-11-9(10(14)19)12(20)18-13(17-11)23-2/h3-6,15H,1-2H3,(H2,14,19)(H2,16,17,18,20). The molecule has 1 aromatic carbocycles. The number of nitrogens with two attached hydrogens (primary N) is 1. The second-order valence-electron chi connectivity index (χ2n) is 4.52. The molecule has 11 heteroatoms. The van der Waals surface area contributed by atoms with Crippen LogP contribution in [0.15, 0.2) is 39.1 Å². The number of sulfonamides is 1. The van der Waals surface area contributed by atoms with E-state index in [2.05, 4.69) is 20.0 Å². The zero-order chi connectivity index (χ0) is 17.9. The Bertz CT molecular complexity index is 940. The summed E-state index contributed by atoms with van der Waals surface area (Å²) < 4.78 is 25.9. The van der Waals surface area contributed by atoms with Gasteiger partial charge in [-0.2, -0.15) is 0 Å². The van der Waals surface area contributed by atoms with Gasteiger partial charge >= 0.3 is 0 Å². The number of benzene rings is 1. The van der Waals surface area contributed by atoms with Crippen LogP contribution in [0.2, 0.25) is 0 Å². The number of rotatable bonds is 6. The monoisotopic (exact) mass is 369 g/mol. The fourth-order valence-corrected chi connectivity index (χ4v) is 3.02. The van der Waals surface area contributed by atoms with Crippen LogP contribution < -0.4 is 21.3 Å². The summed E-state index contributed by atoms with van der Waals surface area (Å²) >= 11 is 1.17. The van der Waals surface area contributed by atoms with Crippen molar-refractivity contribution in [2.75, 3.05) is 18.6 Å². The number of hydrogen-bond acceptors (Lipinski definition) is 7. The third-order valence-corrected chi connectivity index (χ3v) is 5.01. The van der Waals surface area contributed by atoms with Gasteiger partial charge in [-0.05, 0) is 31.5 Å². The number of amides is 1. The maximum Gasteiger partial charge on any atom is 0.266 e. The van der Waals surface area contributed by atoms with E-state index in [0.717, 1.165) is 0 Å². The van der Waals surface area contributed by atoms with Crippen LogP contribution in [-0.2, 0) is 10.0 Å². The quantitative estimate of drug-likeness (QED) is 0.421. The third kappa shape index (κ3) is 3.75. The summed E-state index contributed by atoms with van der Waals surface area (Å²) in [4.78, 5) is 30.0. The number of aromatic nitrogens is 2. The molecule has 1 amide bonds. The van der Waals surface area contributed by atoms with Crippen LogP contribution in [0.5, 0.6) is 0 Å². The lowest BCUT2D eigenvalue weighted by molar-refractivity contribution is 0.0999. The van der Waals surface area contributed by atoms with Crippen molar-refractivity contribution in [1.82, 2.24) is 14.7 Å². The van der Waals surface area contributed by atoms with Crippen molar-refractivity contribution in [2.24, 2.45) is 5.73 Å². The highest BCUT2D eigenvalue weighted by Gasteiger charge is 2.18. The molecular weight excluding hydrogens is 354 g/mol. The van der Waals surface area contributed by atoms with Crippen molar-refractivity contribution in [3.8, 4) is 0 Å². The van der Waals surface area contributed by atoms with E-state index in [4.69, 9.17) is 5.73 Å². The molecule has 0 unspecified atom stereocenters. The SMILES string of the molecule is CNS(=O)(=O)c1cccc(Nc2nc(SC)[nH]c(=O)c2C(N)=O)c1. The number of primary amides is 1. The van der Waals surface area contributed by atoms with E-state index in [-0.39, 0.29) is 21.4 Å². The predicted molar refractivity (Wildman–Crippen MR) is 91.1 cm³/mol. The number of aromatic amines is 1. The van der Waals surface area contributed by atoms with E-state index in [1.54, 1.807) is 12.3 Å². The Kier molecular flexibility index (Phi) is 5.26. The molecular formula is C13H15N5O4S2. The molecule has 2 aromatic rings. The molecule has 0 spiro atoms. The number of hydrogen-bond donors (Lipinski definition) is 4. The molecule has 0 fully saturated rings. The molecule has 1 aromatic heterocycles. The van der Waals surface area contributed by atoms with Gasteiger partial charge in [-0.15, -0.1) is 0 Å². The molecule has 0 bridgehead atoms. The molecule has 0 atom stereocenters. The average molecular weight is 369 g/mol. The molecule has 0 aliphatic heterocycles. The fraction of sp³-hybridized carbons (Fsp3) is 0.154. The van der Waals surface area contributed by atoms with Crippen LogP contribution >= 0.6 is 11.8 Å². The number of thioether (sulfide) groups is 1. The summed E-state index contributed by atoms with van der Waals surface area (Å²) in [5.41, 5.74) is 4.55. The van der Waals surface area contributed by atoms with Gasteiger partial charge in [0.1, 0.15) is 5.56 Å². The largest absolute Gasteiger partial charge is 0.365 e. The molecule has 0 aliphatic carbocycles. The van der Waals surface area contributed by atoms with Crippen molar-refractivity contribution in [3.05, 3.63) is 40.2 Å². The van der Waals surface area contributed by atoms with E-state index in [0.29, 0.717) is 5.69 Å².